The van der Waals surface area contributed by atoms with Crippen LogP contribution in [0.15, 0.2) is 61.1 Å². The van der Waals surface area contributed by atoms with Crippen LogP contribution >= 0.6 is 0 Å². The summed E-state index contributed by atoms with van der Waals surface area (Å²) in [6.07, 6.45) is 8.72. The average molecular weight is 351 g/mol. The molecule has 0 spiro atoms. The first-order valence-corrected chi connectivity index (χ1v) is 8.03. The summed E-state index contributed by atoms with van der Waals surface area (Å²) in [5.41, 5.74) is 2.42. The first-order valence-electron chi connectivity index (χ1n) is 8.03. The summed E-state index contributed by atoms with van der Waals surface area (Å²) in [5.74, 6) is -0.777. The van der Waals surface area contributed by atoms with Crippen LogP contribution in [0, 0.1) is 0 Å². The predicted molar refractivity (Wildman–Crippen MR) is 96.4 cm³/mol. The van der Waals surface area contributed by atoms with E-state index in [-0.39, 0.29) is 5.97 Å². The van der Waals surface area contributed by atoms with Crippen molar-refractivity contribution >= 4 is 28.9 Å². The van der Waals surface area contributed by atoms with Crippen molar-refractivity contribution in [3.63, 3.8) is 0 Å². The molecule has 0 saturated carbocycles. The van der Waals surface area contributed by atoms with Crippen molar-refractivity contribution in [3.8, 4) is 0 Å². The molecule has 0 N–H and O–H groups in total. The van der Waals surface area contributed by atoms with E-state index >= 15 is 0 Å². The zero-order chi connectivity index (χ0) is 18.5. The molecular weight excluding hydrogens is 332 g/mol. The van der Waals surface area contributed by atoms with Gasteiger partial charge in [-0.2, -0.15) is 4.57 Å². The van der Waals surface area contributed by atoms with E-state index < -0.39 is 5.97 Å². The van der Waals surface area contributed by atoms with E-state index in [0.717, 1.165) is 16.5 Å². The Morgan fingerprint density at radius 1 is 1.12 bits per heavy atom. The average Bonchev–Trinajstić information content (AvgIpc) is 3.03. The standard InChI is InChI=1S/C20H19N2O4/c1-25-19(23)10-9-15-13-22(18-8-4-3-7-17(15)18)14-21-11-5-6-16(12-21)20(24)26-2/h3-13H,14H2,1-2H3/q+1/b10-9+. The van der Waals surface area contributed by atoms with E-state index in [2.05, 4.69) is 4.74 Å². The Morgan fingerprint density at radius 2 is 1.92 bits per heavy atom. The summed E-state index contributed by atoms with van der Waals surface area (Å²) in [4.78, 5) is 23.1. The third kappa shape index (κ3) is 3.64. The molecule has 6 nitrogen and oxygen atoms in total. The molecule has 0 atom stereocenters. The molecule has 0 aliphatic rings. The van der Waals surface area contributed by atoms with Crippen LogP contribution < -0.4 is 4.57 Å². The van der Waals surface area contributed by atoms with Gasteiger partial charge in [-0.15, -0.1) is 0 Å². The highest BCUT2D eigenvalue weighted by Crippen LogP contribution is 2.22. The first-order chi connectivity index (χ1) is 12.6. The van der Waals surface area contributed by atoms with Crippen LogP contribution in [0.3, 0.4) is 0 Å². The van der Waals surface area contributed by atoms with E-state index in [9.17, 15) is 9.59 Å². The Hall–Kier alpha value is -3.41. The number of esters is 2. The number of pyridine rings is 1. The number of benzene rings is 1. The third-order valence-electron chi connectivity index (χ3n) is 4.01. The van der Waals surface area contributed by atoms with Gasteiger partial charge in [0.15, 0.2) is 12.4 Å². The van der Waals surface area contributed by atoms with E-state index in [1.165, 1.54) is 20.3 Å². The lowest BCUT2D eigenvalue weighted by molar-refractivity contribution is -0.701. The number of para-hydroxylation sites is 1. The van der Waals surface area contributed by atoms with E-state index in [4.69, 9.17) is 4.74 Å². The van der Waals surface area contributed by atoms with E-state index in [1.54, 1.807) is 24.4 Å². The molecule has 0 bridgehead atoms. The number of aromatic nitrogens is 2. The molecule has 1 aromatic carbocycles. The number of nitrogens with zero attached hydrogens (tertiary/aromatic N) is 2. The molecule has 3 rings (SSSR count). The van der Waals surface area contributed by atoms with Gasteiger partial charge in [0.25, 0.3) is 0 Å². The third-order valence-corrected chi connectivity index (χ3v) is 4.01. The second kappa shape index (κ2) is 7.65. The highest BCUT2D eigenvalue weighted by atomic mass is 16.5. The highest BCUT2D eigenvalue weighted by molar-refractivity contribution is 5.94. The Bertz CT molecular complexity index is 988. The molecule has 0 saturated heterocycles. The van der Waals surface area contributed by atoms with E-state index in [1.807, 2.05) is 45.8 Å². The van der Waals surface area contributed by atoms with Crippen molar-refractivity contribution in [3.05, 3.63) is 72.2 Å². The summed E-state index contributed by atoms with van der Waals surface area (Å²) < 4.78 is 13.4. The monoisotopic (exact) mass is 351 g/mol. The number of carbonyl (C=O) groups is 2. The summed E-state index contributed by atoms with van der Waals surface area (Å²) in [7, 11) is 2.71. The lowest BCUT2D eigenvalue weighted by Crippen LogP contribution is -2.37. The van der Waals surface area contributed by atoms with Crippen LogP contribution in [0.1, 0.15) is 15.9 Å². The molecule has 0 unspecified atom stereocenters. The van der Waals surface area contributed by atoms with Gasteiger partial charge >= 0.3 is 11.9 Å². The molecule has 2 aromatic heterocycles. The van der Waals surface area contributed by atoms with Crippen molar-refractivity contribution in [1.29, 1.82) is 0 Å². The van der Waals surface area contributed by atoms with Gasteiger partial charge in [0.05, 0.1) is 19.7 Å². The van der Waals surface area contributed by atoms with Gasteiger partial charge in [0.2, 0.25) is 6.67 Å². The fourth-order valence-electron chi connectivity index (χ4n) is 2.78. The number of ether oxygens (including phenoxy) is 2. The van der Waals surface area contributed by atoms with Crippen LogP contribution in [0.5, 0.6) is 0 Å². The quantitative estimate of drug-likeness (QED) is 0.402. The SMILES string of the molecule is COC(=O)/C=C/c1cn(C[n+]2cccc(C(=O)OC)c2)c2ccccc12. The highest BCUT2D eigenvalue weighted by Gasteiger charge is 2.13. The van der Waals surface area contributed by atoms with Crippen molar-refractivity contribution in [1.82, 2.24) is 4.57 Å². The van der Waals surface area contributed by atoms with Gasteiger partial charge < -0.3 is 9.47 Å². The lowest BCUT2D eigenvalue weighted by Gasteiger charge is -2.03. The number of methoxy groups -OCH3 is 2. The Balaban J connectivity index is 1.97. The Labute approximate surface area is 150 Å². The van der Waals surface area contributed by atoms with Crippen molar-refractivity contribution in [2.75, 3.05) is 14.2 Å². The fourth-order valence-corrected chi connectivity index (χ4v) is 2.78. The van der Waals surface area contributed by atoms with Crippen LogP contribution in [0.4, 0.5) is 0 Å². The molecule has 26 heavy (non-hydrogen) atoms. The zero-order valence-electron chi connectivity index (χ0n) is 14.6. The summed E-state index contributed by atoms with van der Waals surface area (Å²) in [5, 5.41) is 1.03. The van der Waals surface area contributed by atoms with Crippen LogP contribution in [0.25, 0.3) is 17.0 Å². The van der Waals surface area contributed by atoms with Crippen LogP contribution in [0.2, 0.25) is 0 Å². The Morgan fingerprint density at radius 3 is 2.69 bits per heavy atom. The second-order valence-corrected chi connectivity index (χ2v) is 5.67. The molecule has 0 aliphatic heterocycles. The second-order valence-electron chi connectivity index (χ2n) is 5.67. The summed E-state index contributed by atoms with van der Waals surface area (Å²) in [6, 6.07) is 11.4. The van der Waals surface area contributed by atoms with Crippen LogP contribution in [-0.2, 0) is 20.9 Å². The number of hydrogen-bond donors (Lipinski definition) is 0. The number of hydrogen-bond acceptors (Lipinski definition) is 4. The minimum atomic E-state index is -0.401. The van der Waals surface area contributed by atoms with Gasteiger partial charge in [-0.1, -0.05) is 18.2 Å². The zero-order valence-corrected chi connectivity index (χ0v) is 14.6. The largest absolute Gasteiger partial charge is 0.466 e. The maximum Gasteiger partial charge on any atom is 0.343 e. The molecule has 0 radical (unpaired) electrons. The number of fused-ring (bicyclic) bond motifs is 1. The lowest BCUT2D eigenvalue weighted by atomic mass is 10.1. The normalized spacial score (nSPS) is 11.0. The van der Waals surface area contributed by atoms with Crippen molar-refractivity contribution in [2.45, 2.75) is 6.67 Å². The molecule has 0 amide bonds. The molecule has 3 aromatic rings. The van der Waals surface area contributed by atoms with Gasteiger partial charge in [-0.25, -0.2) is 9.59 Å². The van der Waals surface area contributed by atoms with Crippen molar-refractivity contribution < 1.29 is 23.6 Å². The molecular formula is C20H19N2O4+. The molecule has 132 valence electrons. The number of rotatable bonds is 5. The molecule has 0 fully saturated rings. The van der Waals surface area contributed by atoms with Gasteiger partial charge in [-0.3, -0.25) is 4.57 Å². The molecule has 0 aliphatic carbocycles. The number of carbonyl (C=O) groups excluding carboxylic acids is 2. The van der Waals surface area contributed by atoms with E-state index in [0.29, 0.717) is 12.2 Å². The minimum absolute atomic E-state index is 0.376. The van der Waals surface area contributed by atoms with Gasteiger partial charge in [-0.05, 0) is 18.2 Å². The maximum atomic E-state index is 11.7. The topological polar surface area (TPSA) is 61.4 Å². The molecule has 2 heterocycles. The summed E-state index contributed by atoms with van der Waals surface area (Å²) >= 11 is 0. The smallest absolute Gasteiger partial charge is 0.343 e. The van der Waals surface area contributed by atoms with Gasteiger partial charge in [0, 0.05) is 29.3 Å². The molecule has 6 heteroatoms. The van der Waals surface area contributed by atoms with Crippen molar-refractivity contribution in [2.24, 2.45) is 0 Å². The first kappa shape index (κ1) is 17.4. The maximum absolute atomic E-state index is 11.7. The van der Waals surface area contributed by atoms with Crippen LogP contribution in [-0.4, -0.2) is 30.7 Å². The summed E-state index contributed by atoms with van der Waals surface area (Å²) in [6.45, 7) is 0.511. The fraction of sp³-hybridized carbons (Fsp3) is 0.150. The Kier molecular flexibility index (Phi) is 5.12. The van der Waals surface area contributed by atoms with Gasteiger partial charge in [0.1, 0.15) is 5.56 Å². The minimum Gasteiger partial charge on any atom is -0.466 e. The predicted octanol–water partition coefficient (Wildman–Crippen LogP) is 2.41.